The third kappa shape index (κ3) is 2.67. The predicted octanol–water partition coefficient (Wildman–Crippen LogP) is 3.62. The summed E-state index contributed by atoms with van der Waals surface area (Å²) in [4.78, 5) is 37.2. The van der Waals surface area contributed by atoms with Gasteiger partial charge in [0.2, 0.25) is 5.78 Å². The number of carbonyl (C=O) groups excluding carboxylic acids is 3. The Labute approximate surface area is 182 Å². The number of carbonyl (C=O) groups is 3. The molecular formula is C24H31ClO5. The number of halogens is 1. The van der Waals surface area contributed by atoms with Gasteiger partial charge in [0.05, 0.1) is 0 Å². The summed E-state index contributed by atoms with van der Waals surface area (Å²) in [5.41, 5.74) is -1.13. The fourth-order valence-electron chi connectivity index (χ4n) is 7.79. The minimum atomic E-state index is -1.36. The molecule has 5 nitrogen and oxygen atoms in total. The van der Waals surface area contributed by atoms with Gasteiger partial charge in [0.1, 0.15) is 6.61 Å². The summed E-state index contributed by atoms with van der Waals surface area (Å²) in [6, 6.07) is 0. The number of fused-ring (bicyclic) bond motifs is 5. The number of Topliss-reactive ketones (excluding diaryl/α,β-unsaturated/α-hetero) is 1. The molecule has 3 saturated carbocycles. The van der Waals surface area contributed by atoms with Crippen molar-refractivity contribution >= 4 is 29.1 Å². The number of rotatable bonds is 3. The van der Waals surface area contributed by atoms with Crippen LogP contribution in [0.15, 0.2) is 23.8 Å². The van der Waals surface area contributed by atoms with Crippen LogP contribution in [0.2, 0.25) is 0 Å². The van der Waals surface area contributed by atoms with Crippen molar-refractivity contribution in [1.29, 1.82) is 0 Å². The SMILES string of the molecule is CC(=O)O[C@]1(C(=O)CO)C(C)C[C@H]2[C@@H]3CCC4=CC(=O)C=C[C@]4(C)[C@H]3C(Cl)C[C@@]21C. The Morgan fingerprint density at radius 3 is 2.67 bits per heavy atom. The lowest BCUT2D eigenvalue weighted by molar-refractivity contribution is -0.194. The monoisotopic (exact) mass is 434 g/mol. The molecule has 0 aliphatic heterocycles. The third-order valence-electron chi connectivity index (χ3n) is 8.86. The average Bonchev–Trinajstić information content (AvgIpc) is 2.88. The van der Waals surface area contributed by atoms with Gasteiger partial charge in [-0.1, -0.05) is 32.4 Å². The van der Waals surface area contributed by atoms with Gasteiger partial charge in [-0.2, -0.15) is 0 Å². The zero-order valence-electron chi connectivity index (χ0n) is 18.1. The summed E-state index contributed by atoms with van der Waals surface area (Å²) in [5.74, 6) is -0.566. The Hall–Kier alpha value is -1.46. The standard InChI is InChI=1S/C24H31ClO5/c1-13-9-18-17-6-5-15-10-16(28)7-8-22(15,3)21(17)19(25)11-23(18,4)24(13,20(29)12-26)30-14(2)27/h7-8,10,13,17-19,21,26H,5-6,9,11-12H2,1-4H3/t13?,17-,18-,19?,21+,22-,23-,24-/m0/s1. The van der Waals surface area contributed by atoms with Gasteiger partial charge in [-0.25, -0.2) is 0 Å². The first-order valence-corrected chi connectivity index (χ1v) is 11.4. The van der Waals surface area contributed by atoms with Crippen molar-refractivity contribution in [1.82, 2.24) is 0 Å². The lowest BCUT2D eigenvalue weighted by Gasteiger charge is -2.60. The number of hydrogen-bond acceptors (Lipinski definition) is 5. The van der Waals surface area contributed by atoms with Crippen LogP contribution in [-0.2, 0) is 19.1 Å². The minimum Gasteiger partial charge on any atom is -0.450 e. The number of ketones is 2. The third-order valence-corrected chi connectivity index (χ3v) is 9.29. The zero-order chi connectivity index (χ0) is 22.1. The maximum absolute atomic E-state index is 13.1. The molecule has 0 spiro atoms. The molecule has 0 aromatic rings. The van der Waals surface area contributed by atoms with Crippen LogP contribution in [0, 0.1) is 34.5 Å². The van der Waals surface area contributed by atoms with E-state index in [0.717, 1.165) is 24.8 Å². The van der Waals surface area contributed by atoms with Crippen LogP contribution < -0.4 is 0 Å². The van der Waals surface area contributed by atoms with E-state index in [0.29, 0.717) is 6.42 Å². The maximum atomic E-state index is 13.1. The average molecular weight is 435 g/mol. The van der Waals surface area contributed by atoms with E-state index < -0.39 is 29.4 Å². The molecule has 0 saturated heterocycles. The van der Waals surface area contributed by atoms with Gasteiger partial charge >= 0.3 is 5.97 Å². The molecule has 164 valence electrons. The second-order valence-corrected chi connectivity index (χ2v) is 10.8. The van der Waals surface area contributed by atoms with Crippen LogP contribution in [0.1, 0.15) is 53.4 Å². The number of hydrogen-bond donors (Lipinski definition) is 1. The molecule has 6 heteroatoms. The number of aliphatic hydroxyl groups is 1. The van der Waals surface area contributed by atoms with E-state index in [-0.39, 0.29) is 40.2 Å². The molecule has 0 amide bonds. The molecule has 0 bridgehead atoms. The van der Waals surface area contributed by atoms with Crippen molar-refractivity contribution in [3.05, 3.63) is 23.8 Å². The predicted molar refractivity (Wildman–Crippen MR) is 113 cm³/mol. The van der Waals surface area contributed by atoms with Gasteiger partial charge < -0.3 is 9.84 Å². The van der Waals surface area contributed by atoms with Crippen molar-refractivity contribution in [3.63, 3.8) is 0 Å². The Kier molecular flexibility index (Phi) is 5.10. The van der Waals surface area contributed by atoms with Gasteiger partial charge in [0.15, 0.2) is 11.4 Å². The van der Waals surface area contributed by atoms with Crippen molar-refractivity contribution in [3.8, 4) is 0 Å². The first kappa shape index (κ1) is 21.8. The highest BCUT2D eigenvalue weighted by Crippen LogP contribution is 2.69. The fraction of sp³-hybridized carbons (Fsp3) is 0.708. The van der Waals surface area contributed by atoms with E-state index in [2.05, 4.69) is 6.92 Å². The van der Waals surface area contributed by atoms with Crippen LogP contribution in [0.5, 0.6) is 0 Å². The van der Waals surface area contributed by atoms with E-state index in [1.54, 1.807) is 12.2 Å². The van der Waals surface area contributed by atoms with Gasteiger partial charge in [-0.3, -0.25) is 14.4 Å². The van der Waals surface area contributed by atoms with Crippen molar-refractivity contribution in [2.45, 2.75) is 64.4 Å². The molecule has 0 aromatic carbocycles. The van der Waals surface area contributed by atoms with E-state index >= 15 is 0 Å². The van der Waals surface area contributed by atoms with Crippen LogP contribution in [0.25, 0.3) is 0 Å². The number of esters is 1. The largest absolute Gasteiger partial charge is 0.450 e. The van der Waals surface area contributed by atoms with Crippen molar-refractivity contribution in [2.75, 3.05) is 6.61 Å². The molecule has 0 aromatic heterocycles. The Balaban J connectivity index is 1.81. The molecule has 0 radical (unpaired) electrons. The number of aliphatic hydroxyl groups excluding tert-OH is 1. The van der Waals surface area contributed by atoms with Crippen LogP contribution in [0.4, 0.5) is 0 Å². The Morgan fingerprint density at radius 2 is 2.03 bits per heavy atom. The summed E-state index contributed by atoms with van der Waals surface area (Å²) in [6.45, 7) is 6.82. The molecule has 4 aliphatic carbocycles. The van der Waals surface area contributed by atoms with E-state index in [4.69, 9.17) is 16.3 Å². The summed E-state index contributed by atoms with van der Waals surface area (Å²) in [5, 5.41) is 9.55. The quantitative estimate of drug-likeness (QED) is 0.542. The number of ether oxygens (including phenoxy) is 1. The maximum Gasteiger partial charge on any atom is 0.303 e. The summed E-state index contributed by atoms with van der Waals surface area (Å²) in [6.07, 6.45) is 8.44. The van der Waals surface area contributed by atoms with Gasteiger partial charge in [0.25, 0.3) is 0 Å². The second kappa shape index (κ2) is 7.03. The highest BCUT2D eigenvalue weighted by molar-refractivity contribution is 6.21. The Morgan fingerprint density at radius 1 is 1.33 bits per heavy atom. The van der Waals surface area contributed by atoms with Crippen LogP contribution in [0.3, 0.4) is 0 Å². The lowest BCUT2D eigenvalue weighted by atomic mass is 9.47. The van der Waals surface area contributed by atoms with E-state index in [1.165, 1.54) is 6.92 Å². The van der Waals surface area contributed by atoms with E-state index in [1.807, 2.05) is 19.9 Å². The van der Waals surface area contributed by atoms with Crippen LogP contribution in [-0.4, -0.2) is 40.2 Å². The first-order valence-electron chi connectivity index (χ1n) is 10.9. The van der Waals surface area contributed by atoms with Gasteiger partial charge in [0, 0.05) is 29.0 Å². The lowest BCUT2D eigenvalue weighted by Crippen LogP contribution is -2.63. The summed E-state index contributed by atoms with van der Waals surface area (Å²) >= 11 is 7.09. The molecule has 3 fully saturated rings. The van der Waals surface area contributed by atoms with Crippen molar-refractivity contribution < 1.29 is 24.2 Å². The molecule has 30 heavy (non-hydrogen) atoms. The molecular weight excluding hydrogens is 404 g/mol. The first-order chi connectivity index (χ1) is 14.0. The zero-order valence-corrected chi connectivity index (χ0v) is 18.9. The Bertz CT molecular complexity index is 862. The van der Waals surface area contributed by atoms with Gasteiger partial charge in [-0.15, -0.1) is 11.6 Å². The second-order valence-electron chi connectivity index (χ2n) is 10.2. The topological polar surface area (TPSA) is 80.7 Å². The summed E-state index contributed by atoms with van der Waals surface area (Å²) < 4.78 is 5.83. The van der Waals surface area contributed by atoms with Crippen molar-refractivity contribution in [2.24, 2.45) is 34.5 Å². The van der Waals surface area contributed by atoms with Crippen LogP contribution >= 0.6 is 11.6 Å². The minimum absolute atomic E-state index is 0.0320. The molecule has 4 rings (SSSR count). The molecule has 8 atom stereocenters. The normalized spacial score (nSPS) is 47.1. The number of allylic oxidation sites excluding steroid dienone is 4. The molecule has 4 aliphatic rings. The molecule has 1 N–H and O–H groups in total. The fourth-order valence-corrected chi connectivity index (χ4v) is 8.55. The smallest absolute Gasteiger partial charge is 0.303 e. The molecule has 0 heterocycles. The highest BCUT2D eigenvalue weighted by atomic mass is 35.5. The van der Waals surface area contributed by atoms with Gasteiger partial charge in [-0.05, 0) is 55.6 Å². The molecule has 2 unspecified atom stereocenters. The van der Waals surface area contributed by atoms with E-state index in [9.17, 15) is 19.5 Å². The summed E-state index contributed by atoms with van der Waals surface area (Å²) in [7, 11) is 0. The number of alkyl halides is 1. The highest BCUT2D eigenvalue weighted by Gasteiger charge is 2.72.